The lowest BCUT2D eigenvalue weighted by Gasteiger charge is -2.19. The van der Waals surface area contributed by atoms with Gasteiger partial charge in [0.2, 0.25) is 9.84 Å². The van der Waals surface area contributed by atoms with E-state index >= 15 is 0 Å². The van der Waals surface area contributed by atoms with Crippen LogP contribution in [0.5, 0.6) is 0 Å². The molecule has 0 N–H and O–H groups in total. The molecule has 0 amide bonds. The fourth-order valence-electron chi connectivity index (χ4n) is 1.91. The third-order valence-electron chi connectivity index (χ3n) is 3.20. The summed E-state index contributed by atoms with van der Waals surface area (Å²) < 4.78 is 25.1. The first-order chi connectivity index (χ1) is 10.2. The second-order valence-corrected chi connectivity index (χ2v) is 7.91. The van der Waals surface area contributed by atoms with E-state index in [1.54, 1.807) is 18.2 Å². The standard InChI is InChI=1S/C16H16N2O2S2/c1-16(2,3)12-4-7-14(8-5-12)22(19,20)15-9-6-13(10-17-15)18-11-21/h4-10H,1-3H3. The first-order valence-corrected chi connectivity index (χ1v) is 8.54. The molecule has 6 heteroatoms. The third-order valence-corrected chi connectivity index (χ3v) is 4.98. The highest BCUT2D eigenvalue weighted by molar-refractivity contribution is 7.91. The fraction of sp³-hybridized carbons (Fsp3) is 0.250. The Morgan fingerprint density at radius 1 is 1.09 bits per heavy atom. The second-order valence-electron chi connectivity index (χ2n) is 5.84. The number of nitrogens with zero attached hydrogens (tertiary/aromatic N) is 2. The van der Waals surface area contributed by atoms with Gasteiger partial charge in [-0.15, -0.1) is 0 Å². The van der Waals surface area contributed by atoms with Crippen molar-refractivity contribution in [2.75, 3.05) is 0 Å². The molecule has 0 unspecified atom stereocenters. The van der Waals surface area contributed by atoms with Crippen LogP contribution in [0.25, 0.3) is 0 Å². The van der Waals surface area contributed by atoms with Crippen LogP contribution in [0.3, 0.4) is 0 Å². The number of thiocarbonyl (C=S) groups is 1. The lowest BCUT2D eigenvalue weighted by Crippen LogP contribution is -2.11. The van der Waals surface area contributed by atoms with E-state index in [0.717, 1.165) is 5.56 Å². The monoisotopic (exact) mass is 332 g/mol. The molecule has 0 bridgehead atoms. The van der Waals surface area contributed by atoms with Gasteiger partial charge in [0.05, 0.1) is 21.9 Å². The highest BCUT2D eigenvalue weighted by Gasteiger charge is 2.20. The van der Waals surface area contributed by atoms with Gasteiger partial charge in [-0.3, -0.25) is 0 Å². The van der Waals surface area contributed by atoms with Crippen LogP contribution in [-0.2, 0) is 15.3 Å². The van der Waals surface area contributed by atoms with Crippen LogP contribution in [0, 0.1) is 0 Å². The summed E-state index contributed by atoms with van der Waals surface area (Å²) in [5.41, 5.74) is 1.52. The van der Waals surface area contributed by atoms with Crippen molar-refractivity contribution >= 4 is 32.9 Å². The van der Waals surface area contributed by atoms with Crippen molar-refractivity contribution in [3.8, 4) is 0 Å². The van der Waals surface area contributed by atoms with E-state index in [-0.39, 0.29) is 15.3 Å². The number of sulfone groups is 1. The van der Waals surface area contributed by atoms with Gasteiger partial charge < -0.3 is 0 Å². The summed E-state index contributed by atoms with van der Waals surface area (Å²) in [6.07, 6.45) is 1.36. The van der Waals surface area contributed by atoms with Gasteiger partial charge >= 0.3 is 0 Å². The van der Waals surface area contributed by atoms with Crippen molar-refractivity contribution in [3.05, 3.63) is 48.2 Å². The van der Waals surface area contributed by atoms with E-state index in [0.29, 0.717) is 5.69 Å². The van der Waals surface area contributed by atoms with E-state index in [4.69, 9.17) is 0 Å². The molecule has 4 nitrogen and oxygen atoms in total. The zero-order chi connectivity index (χ0) is 16.4. The van der Waals surface area contributed by atoms with Crippen molar-refractivity contribution in [2.45, 2.75) is 36.1 Å². The maximum Gasteiger partial charge on any atom is 0.223 e. The highest BCUT2D eigenvalue weighted by atomic mass is 32.2. The van der Waals surface area contributed by atoms with Gasteiger partial charge in [-0.1, -0.05) is 32.9 Å². The molecule has 1 aromatic carbocycles. The second kappa shape index (κ2) is 6.08. The summed E-state index contributed by atoms with van der Waals surface area (Å²) in [6, 6.07) is 9.85. The Labute approximate surface area is 135 Å². The summed E-state index contributed by atoms with van der Waals surface area (Å²) in [6.45, 7) is 6.23. The normalized spacial score (nSPS) is 11.8. The first-order valence-electron chi connectivity index (χ1n) is 6.65. The largest absolute Gasteiger partial charge is 0.242 e. The maximum atomic E-state index is 12.5. The topological polar surface area (TPSA) is 59.4 Å². The van der Waals surface area contributed by atoms with E-state index < -0.39 is 9.84 Å². The predicted octanol–water partition coefficient (Wildman–Crippen LogP) is 3.95. The molecule has 22 heavy (non-hydrogen) atoms. The van der Waals surface area contributed by atoms with Crippen LogP contribution in [0.2, 0.25) is 0 Å². The van der Waals surface area contributed by atoms with Gasteiger partial charge in [0, 0.05) is 0 Å². The number of aromatic nitrogens is 1. The number of rotatable bonds is 3. The number of hydrogen-bond acceptors (Lipinski definition) is 5. The predicted molar refractivity (Wildman–Crippen MR) is 89.5 cm³/mol. The zero-order valence-electron chi connectivity index (χ0n) is 12.6. The molecule has 2 rings (SSSR count). The average Bonchev–Trinajstić information content (AvgIpc) is 2.47. The van der Waals surface area contributed by atoms with Crippen LogP contribution in [0.4, 0.5) is 5.69 Å². The molecule has 2 aromatic rings. The minimum absolute atomic E-state index is 0.0145. The quantitative estimate of drug-likeness (QED) is 0.631. The fourth-order valence-corrected chi connectivity index (χ4v) is 3.19. The molecule has 0 atom stereocenters. The Bertz CT molecular complexity index is 812. The van der Waals surface area contributed by atoms with Gasteiger partial charge in [0.25, 0.3) is 0 Å². The molecule has 114 valence electrons. The Balaban J connectivity index is 2.39. The molecule has 0 aliphatic rings. The SMILES string of the molecule is CC(C)(C)c1ccc(S(=O)(=O)c2ccc(N=C=S)cn2)cc1. The number of benzene rings is 1. The van der Waals surface area contributed by atoms with Crippen LogP contribution in [-0.4, -0.2) is 18.6 Å². The van der Waals surface area contributed by atoms with E-state index in [2.05, 4.69) is 48.1 Å². The molecule has 0 fully saturated rings. The van der Waals surface area contributed by atoms with Crippen molar-refractivity contribution in [2.24, 2.45) is 4.99 Å². The van der Waals surface area contributed by atoms with Crippen molar-refractivity contribution in [1.29, 1.82) is 0 Å². The molecular weight excluding hydrogens is 316 g/mol. The van der Waals surface area contributed by atoms with Crippen LogP contribution in [0.1, 0.15) is 26.3 Å². The minimum atomic E-state index is -3.63. The van der Waals surface area contributed by atoms with Gasteiger partial charge in [-0.2, -0.15) is 4.99 Å². The van der Waals surface area contributed by atoms with Crippen molar-refractivity contribution in [3.63, 3.8) is 0 Å². The smallest absolute Gasteiger partial charge is 0.223 e. The number of aliphatic imine (C=N–C) groups is 1. The molecule has 0 aliphatic carbocycles. The van der Waals surface area contributed by atoms with Crippen molar-refractivity contribution < 1.29 is 8.42 Å². The molecule has 0 saturated heterocycles. The Hall–Kier alpha value is -1.88. The number of isothiocyanates is 1. The summed E-state index contributed by atoms with van der Waals surface area (Å²) in [4.78, 5) is 7.92. The van der Waals surface area contributed by atoms with Crippen LogP contribution < -0.4 is 0 Å². The molecule has 1 heterocycles. The van der Waals surface area contributed by atoms with E-state index in [9.17, 15) is 8.42 Å². The Morgan fingerprint density at radius 2 is 1.73 bits per heavy atom. The lowest BCUT2D eigenvalue weighted by molar-refractivity contribution is 0.585. The lowest BCUT2D eigenvalue weighted by atomic mass is 9.87. The van der Waals surface area contributed by atoms with Gasteiger partial charge in [0.15, 0.2) is 5.03 Å². The van der Waals surface area contributed by atoms with Crippen molar-refractivity contribution in [1.82, 2.24) is 4.98 Å². The molecule has 0 radical (unpaired) electrons. The summed E-state index contributed by atoms with van der Waals surface area (Å²) >= 11 is 4.50. The zero-order valence-corrected chi connectivity index (χ0v) is 14.2. The number of hydrogen-bond donors (Lipinski definition) is 0. The molecular formula is C16H16N2O2S2. The highest BCUT2D eigenvalue weighted by Crippen LogP contribution is 2.26. The van der Waals surface area contributed by atoms with Gasteiger partial charge in [-0.05, 0) is 47.5 Å². The van der Waals surface area contributed by atoms with Crippen LogP contribution in [0.15, 0.2) is 57.5 Å². The first kappa shape index (κ1) is 16.5. The number of pyridine rings is 1. The molecule has 1 aromatic heterocycles. The molecule has 0 saturated carbocycles. The van der Waals surface area contributed by atoms with Gasteiger partial charge in [0.1, 0.15) is 0 Å². The maximum absolute atomic E-state index is 12.5. The summed E-state index contributed by atoms with van der Waals surface area (Å²) in [5.74, 6) is 0. The van der Waals surface area contributed by atoms with E-state index in [1.807, 2.05) is 12.1 Å². The van der Waals surface area contributed by atoms with E-state index in [1.165, 1.54) is 12.3 Å². The third kappa shape index (κ3) is 3.47. The molecule has 0 spiro atoms. The molecule has 0 aliphatic heterocycles. The Kier molecular flexibility index (Phi) is 4.56. The van der Waals surface area contributed by atoms with Gasteiger partial charge in [-0.25, -0.2) is 13.4 Å². The summed E-state index contributed by atoms with van der Waals surface area (Å²) in [7, 11) is -3.63. The van der Waals surface area contributed by atoms with Crippen LogP contribution >= 0.6 is 12.2 Å². The summed E-state index contributed by atoms with van der Waals surface area (Å²) in [5, 5.41) is 2.20. The Morgan fingerprint density at radius 3 is 2.18 bits per heavy atom. The minimum Gasteiger partial charge on any atom is -0.242 e. The average molecular weight is 332 g/mol.